The number of aromatic nitrogens is 1. The molecule has 2 aromatic rings. The Bertz CT molecular complexity index is 932. The molecular formula is C23H30N4O2S. The number of hydrogen-bond donors (Lipinski definition) is 1. The Morgan fingerprint density at radius 3 is 2.93 bits per heavy atom. The van der Waals surface area contributed by atoms with Crippen molar-refractivity contribution in [3.8, 4) is 22.4 Å². The molecule has 160 valence electrons. The molecule has 1 unspecified atom stereocenters. The molecule has 1 N–H and O–H groups in total. The third-order valence-corrected chi connectivity index (χ3v) is 6.50. The summed E-state index contributed by atoms with van der Waals surface area (Å²) in [5.74, 6) is 0.880. The molecule has 0 bridgehead atoms. The van der Waals surface area contributed by atoms with Crippen LogP contribution in [-0.2, 0) is 0 Å². The van der Waals surface area contributed by atoms with Crippen LogP contribution in [0.15, 0.2) is 18.2 Å². The average molecular weight is 427 g/mol. The molecule has 1 atom stereocenters. The van der Waals surface area contributed by atoms with Gasteiger partial charge in [-0.3, -0.25) is 9.69 Å². The number of hydrogen-bond acceptors (Lipinski definition) is 6. The molecule has 7 heteroatoms. The van der Waals surface area contributed by atoms with Crippen molar-refractivity contribution in [3.05, 3.63) is 34.3 Å². The highest BCUT2D eigenvalue weighted by Crippen LogP contribution is 2.31. The molecule has 1 aliphatic heterocycles. The summed E-state index contributed by atoms with van der Waals surface area (Å²) in [6.07, 6.45) is 2.47. The highest BCUT2D eigenvalue weighted by Gasteiger charge is 2.21. The van der Waals surface area contributed by atoms with E-state index in [2.05, 4.69) is 42.0 Å². The van der Waals surface area contributed by atoms with Crippen molar-refractivity contribution in [2.75, 3.05) is 26.2 Å². The molecule has 30 heavy (non-hydrogen) atoms. The summed E-state index contributed by atoms with van der Waals surface area (Å²) in [4.78, 5) is 20.3. The maximum Gasteiger partial charge on any atom is 0.263 e. The van der Waals surface area contributed by atoms with Gasteiger partial charge in [-0.1, -0.05) is 13.8 Å². The molecule has 1 aromatic heterocycles. The van der Waals surface area contributed by atoms with E-state index < -0.39 is 0 Å². The van der Waals surface area contributed by atoms with Gasteiger partial charge in [0.2, 0.25) is 0 Å². The monoisotopic (exact) mass is 426 g/mol. The van der Waals surface area contributed by atoms with E-state index in [1.54, 1.807) is 6.07 Å². The number of carbonyl (C=O) groups is 1. The number of nitrogens with zero attached hydrogens (tertiary/aromatic N) is 3. The Kier molecular flexibility index (Phi) is 7.46. The number of likely N-dealkylation sites (tertiary alicyclic amines) is 1. The second kappa shape index (κ2) is 10.1. The molecule has 1 aliphatic rings. The molecule has 0 spiro atoms. The minimum Gasteiger partial charge on any atom is -0.492 e. The van der Waals surface area contributed by atoms with Crippen LogP contribution in [0.3, 0.4) is 0 Å². The van der Waals surface area contributed by atoms with Crippen molar-refractivity contribution >= 4 is 17.2 Å². The first-order chi connectivity index (χ1) is 14.4. The molecule has 6 nitrogen and oxygen atoms in total. The number of carbonyl (C=O) groups excluding carboxylic acids is 1. The molecule has 0 radical (unpaired) electrons. The topological polar surface area (TPSA) is 78.2 Å². The minimum atomic E-state index is -0.0829. The van der Waals surface area contributed by atoms with Crippen LogP contribution in [0.5, 0.6) is 5.75 Å². The van der Waals surface area contributed by atoms with Crippen molar-refractivity contribution < 1.29 is 9.53 Å². The standard InChI is InChI=1S/C23H30N4O2S/c1-15(2)14-29-20-8-7-18(12-19(20)13-24)23-26-17(4)21(30-23)22(28)25-9-11-27-10-5-6-16(27)3/h7-8,12,15-16H,5-6,9-11,14H2,1-4H3,(H,25,28). The molecule has 1 fully saturated rings. The van der Waals surface area contributed by atoms with E-state index in [1.165, 1.54) is 24.2 Å². The van der Waals surface area contributed by atoms with Gasteiger partial charge in [0.1, 0.15) is 21.7 Å². The van der Waals surface area contributed by atoms with Crippen LogP contribution >= 0.6 is 11.3 Å². The summed E-state index contributed by atoms with van der Waals surface area (Å²) < 4.78 is 5.73. The van der Waals surface area contributed by atoms with E-state index in [-0.39, 0.29) is 5.91 Å². The number of nitrogens with one attached hydrogen (secondary N) is 1. The molecule has 3 rings (SSSR count). The van der Waals surface area contributed by atoms with Gasteiger partial charge < -0.3 is 10.1 Å². The third-order valence-electron chi connectivity index (χ3n) is 5.30. The van der Waals surface area contributed by atoms with Gasteiger partial charge in [0.05, 0.1) is 17.9 Å². The van der Waals surface area contributed by atoms with Crippen LogP contribution in [0.4, 0.5) is 0 Å². The molecule has 1 saturated heterocycles. The average Bonchev–Trinajstić information content (AvgIpc) is 3.31. The fraction of sp³-hybridized carbons (Fsp3) is 0.522. The number of ether oxygens (including phenoxy) is 1. The van der Waals surface area contributed by atoms with Crippen LogP contribution in [-0.4, -0.2) is 48.1 Å². The van der Waals surface area contributed by atoms with E-state index in [0.717, 1.165) is 23.7 Å². The van der Waals surface area contributed by atoms with E-state index in [0.29, 0.717) is 47.0 Å². The van der Waals surface area contributed by atoms with Gasteiger partial charge in [0, 0.05) is 24.7 Å². The smallest absolute Gasteiger partial charge is 0.263 e. The molecule has 2 heterocycles. The first-order valence-electron chi connectivity index (χ1n) is 10.6. The van der Waals surface area contributed by atoms with Gasteiger partial charge in [0.15, 0.2) is 0 Å². The lowest BCUT2D eigenvalue weighted by Gasteiger charge is -2.20. The lowest BCUT2D eigenvalue weighted by molar-refractivity contribution is 0.0951. The van der Waals surface area contributed by atoms with Crippen LogP contribution in [0, 0.1) is 24.2 Å². The maximum atomic E-state index is 12.7. The predicted molar refractivity (Wildman–Crippen MR) is 120 cm³/mol. The lowest BCUT2D eigenvalue weighted by Crippen LogP contribution is -2.36. The zero-order chi connectivity index (χ0) is 21.7. The van der Waals surface area contributed by atoms with Gasteiger partial charge in [-0.05, 0) is 57.4 Å². The largest absolute Gasteiger partial charge is 0.492 e. The van der Waals surface area contributed by atoms with Crippen molar-refractivity contribution in [2.24, 2.45) is 5.92 Å². The highest BCUT2D eigenvalue weighted by atomic mass is 32.1. The number of nitriles is 1. The number of amides is 1. The van der Waals surface area contributed by atoms with Crippen molar-refractivity contribution in [3.63, 3.8) is 0 Å². The molecule has 0 saturated carbocycles. The Labute approximate surface area is 182 Å². The van der Waals surface area contributed by atoms with Crippen molar-refractivity contribution in [2.45, 2.75) is 46.6 Å². The first-order valence-corrected chi connectivity index (χ1v) is 11.4. The summed E-state index contributed by atoms with van der Waals surface area (Å²) in [6.45, 7) is 11.4. The van der Waals surface area contributed by atoms with E-state index in [9.17, 15) is 10.1 Å². The van der Waals surface area contributed by atoms with Gasteiger partial charge in [-0.2, -0.15) is 5.26 Å². The summed E-state index contributed by atoms with van der Waals surface area (Å²) >= 11 is 1.36. The first kappa shape index (κ1) is 22.3. The van der Waals surface area contributed by atoms with Crippen molar-refractivity contribution in [1.29, 1.82) is 5.26 Å². The van der Waals surface area contributed by atoms with Crippen LogP contribution in [0.2, 0.25) is 0 Å². The number of rotatable bonds is 8. The second-order valence-corrected chi connectivity index (χ2v) is 9.24. The molecule has 0 aliphatic carbocycles. The predicted octanol–water partition coefficient (Wildman–Crippen LogP) is 4.24. The summed E-state index contributed by atoms with van der Waals surface area (Å²) in [5, 5.41) is 13.3. The summed E-state index contributed by atoms with van der Waals surface area (Å²) in [7, 11) is 0. The van der Waals surface area contributed by atoms with Gasteiger partial charge >= 0.3 is 0 Å². The van der Waals surface area contributed by atoms with Crippen LogP contribution in [0.25, 0.3) is 10.6 Å². The van der Waals surface area contributed by atoms with E-state index in [1.807, 2.05) is 19.1 Å². The van der Waals surface area contributed by atoms with Gasteiger partial charge in [0.25, 0.3) is 5.91 Å². The summed E-state index contributed by atoms with van der Waals surface area (Å²) in [6, 6.07) is 8.28. The SMILES string of the molecule is Cc1nc(-c2ccc(OCC(C)C)c(C#N)c2)sc1C(=O)NCCN1CCCC1C. The lowest BCUT2D eigenvalue weighted by atomic mass is 10.1. The number of thiazole rings is 1. The Morgan fingerprint density at radius 2 is 2.27 bits per heavy atom. The van der Waals surface area contributed by atoms with Crippen molar-refractivity contribution in [1.82, 2.24) is 15.2 Å². The van der Waals surface area contributed by atoms with E-state index >= 15 is 0 Å². The fourth-order valence-electron chi connectivity index (χ4n) is 3.58. The summed E-state index contributed by atoms with van der Waals surface area (Å²) in [5.41, 5.74) is 2.01. The Morgan fingerprint density at radius 1 is 1.47 bits per heavy atom. The second-order valence-electron chi connectivity index (χ2n) is 8.24. The Balaban J connectivity index is 1.67. The zero-order valence-electron chi connectivity index (χ0n) is 18.2. The minimum absolute atomic E-state index is 0.0829. The fourth-order valence-corrected chi connectivity index (χ4v) is 4.56. The molecule has 1 aromatic carbocycles. The maximum absolute atomic E-state index is 12.7. The third kappa shape index (κ3) is 5.38. The molecular weight excluding hydrogens is 396 g/mol. The van der Waals surface area contributed by atoms with Crippen LogP contribution < -0.4 is 10.1 Å². The number of aryl methyl sites for hydroxylation is 1. The normalized spacial score (nSPS) is 16.6. The van der Waals surface area contributed by atoms with E-state index in [4.69, 9.17) is 4.74 Å². The molecule has 1 amide bonds. The van der Waals surface area contributed by atoms with Crippen LogP contribution in [0.1, 0.15) is 54.5 Å². The van der Waals surface area contributed by atoms with Gasteiger partial charge in [-0.15, -0.1) is 11.3 Å². The number of benzene rings is 1. The quantitative estimate of drug-likeness (QED) is 0.683. The Hall–Kier alpha value is -2.43. The zero-order valence-corrected chi connectivity index (χ0v) is 19.0. The highest BCUT2D eigenvalue weighted by molar-refractivity contribution is 7.17. The van der Waals surface area contributed by atoms with Gasteiger partial charge in [-0.25, -0.2) is 4.98 Å².